The van der Waals surface area contributed by atoms with Gasteiger partial charge >= 0.3 is 0 Å². The zero-order valence-electron chi connectivity index (χ0n) is 12.9. The predicted octanol–water partition coefficient (Wildman–Crippen LogP) is 3.40. The number of carbonyl (C=O) groups is 1. The van der Waals surface area contributed by atoms with Gasteiger partial charge in [0.1, 0.15) is 4.88 Å². The van der Waals surface area contributed by atoms with Gasteiger partial charge < -0.3 is 10.2 Å². The van der Waals surface area contributed by atoms with Crippen LogP contribution in [0.2, 0.25) is 0 Å². The molecule has 23 heavy (non-hydrogen) atoms. The van der Waals surface area contributed by atoms with Crippen LogP contribution in [0.4, 0.5) is 0 Å². The van der Waals surface area contributed by atoms with Gasteiger partial charge in [-0.1, -0.05) is 30.3 Å². The van der Waals surface area contributed by atoms with Crippen LogP contribution in [0.15, 0.2) is 30.3 Å². The quantitative estimate of drug-likeness (QED) is 0.877. The van der Waals surface area contributed by atoms with Gasteiger partial charge in [-0.15, -0.1) is 36.2 Å². The molecule has 1 fully saturated rings. The molecule has 7 heteroatoms. The number of nitrogens with one attached hydrogen (secondary N) is 1. The van der Waals surface area contributed by atoms with Crippen molar-refractivity contribution in [3.8, 4) is 11.3 Å². The van der Waals surface area contributed by atoms with Crippen LogP contribution in [0, 0.1) is 6.92 Å². The van der Waals surface area contributed by atoms with E-state index in [1.165, 1.54) is 11.3 Å². The van der Waals surface area contributed by atoms with Crippen molar-refractivity contribution in [2.24, 2.45) is 0 Å². The van der Waals surface area contributed by atoms with Crippen molar-refractivity contribution in [3.63, 3.8) is 0 Å². The van der Waals surface area contributed by atoms with Crippen molar-refractivity contribution in [1.82, 2.24) is 15.2 Å². The first kappa shape index (κ1) is 19.9. The van der Waals surface area contributed by atoms with Gasteiger partial charge in [0.05, 0.1) is 10.7 Å². The Hall–Kier alpha value is -1.14. The summed E-state index contributed by atoms with van der Waals surface area (Å²) in [6.45, 7) is 5.39. The minimum atomic E-state index is 0. The third-order valence-corrected chi connectivity index (χ3v) is 4.56. The summed E-state index contributed by atoms with van der Waals surface area (Å²) in [5.74, 6) is 0.114. The number of hydrogen-bond donors (Lipinski definition) is 1. The smallest absolute Gasteiger partial charge is 0.266 e. The molecule has 1 aromatic carbocycles. The second-order valence-electron chi connectivity index (χ2n) is 5.17. The second kappa shape index (κ2) is 9.23. The fourth-order valence-corrected chi connectivity index (χ4v) is 3.47. The molecule has 0 aliphatic carbocycles. The summed E-state index contributed by atoms with van der Waals surface area (Å²) in [5.41, 5.74) is 1.83. The fraction of sp³-hybridized carbons (Fsp3) is 0.375. The lowest BCUT2D eigenvalue weighted by molar-refractivity contribution is 0.0771. The van der Waals surface area contributed by atoms with E-state index in [1.807, 2.05) is 42.2 Å². The molecule has 0 spiro atoms. The third kappa shape index (κ3) is 4.67. The summed E-state index contributed by atoms with van der Waals surface area (Å²) in [7, 11) is 0. The van der Waals surface area contributed by atoms with Crippen LogP contribution in [0.1, 0.15) is 21.1 Å². The van der Waals surface area contributed by atoms with E-state index in [9.17, 15) is 4.79 Å². The third-order valence-electron chi connectivity index (χ3n) is 3.60. The maximum absolute atomic E-state index is 12.8. The summed E-state index contributed by atoms with van der Waals surface area (Å²) >= 11 is 1.50. The molecule has 3 rings (SSSR count). The van der Waals surface area contributed by atoms with Crippen LogP contribution in [0.3, 0.4) is 0 Å². The maximum Gasteiger partial charge on any atom is 0.266 e. The van der Waals surface area contributed by atoms with Gasteiger partial charge in [-0.05, 0) is 19.9 Å². The van der Waals surface area contributed by atoms with Crippen molar-refractivity contribution in [2.75, 3.05) is 26.2 Å². The van der Waals surface area contributed by atoms with Crippen LogP contribution in [-0.4, -0.2) is 42.0 Å². The maximum atomic E-state index is 12.8. The molecule has 0 bridgehead atoms. The van der Waals surface area contributed by atoms with Crippen LogP contribution in [0.25, 0.3) is 11.3 Å². The minimum absolute atomic E-state index is 0. The molecule has 0 atom stereocenters. The summed E-state index contributed by atoms with van der Waals surface area (Å²) in [6.07, 6.45) is 1.00. The molecule has 1 aromatic heterocycles. The van der Waals surface area contributed by atoms with Crippen LogP contribution >= 0.6 is 36.2 Å². The molecule has 1 aliphatic heterocycles. The van der Waals surface area contributed by atoms with Crippen molar-refractivity contribution < 1.29 is 4.79 Å². The monoisotopic (exact) mass is 373 g/mol. The highest BCUT2D eigenvalue weighted by Crippen LogP contribution is 2.29. The van der Waals surface area contributed by atoms with Gasteiger partial charge in [0.2, 0.25) is 0 Å². The summed E-state index contributed by atoms with van der Waals surface area (Å²) in [5, 5.41) is 4.26. The lowest BCUT2D eigenvalue weighted by Crippen LogP contribution is -2.34. The average Bonchev–Trinajstić information content (AvgIpc) is 2.73. The van der Waals surface area contributed by atoms with E-state index in [1.54, 1.807) is 0 Å². The fourth-order valence-electron chi connectivity index (χ4n) is 2.56. The number of carbonyl (C=O) groups excluding carboxylic acids is 1. The summed E-state index contributed by atoms with van der Waals surface area (Å²) in [6, 6.07) is 9.96. The Balaban J connectivity index is 0.00000132. The molecule has 1 N–H and O–H groups in total. The summed E-state index contributed by atoms with van der Waals surface area (Å²) in [4.78, 5) is 20.1. The van der Waals surface area contributed by atoms with Gasteiger partial charge in [0, 0.05) is 25.2 Å². The second-order valence-corrected chi connectivity index (χ2v) is 6.38. The Bertz CT molecular complexity index is 626. The number of aromatic nitrogens is 1. The standard InChI is InChI=1S/C16H19N3OS.2ClH/c1-12-18-14(13-6-3-2-4-7-13)15(21-12)16(20)19-10-5-8-17-9-11-19;;/h2-4,6-7,17H,5,8-11H2,1H3;2*1H. The SMILES string of the molecule is Cc1nc(-c2ccccc2)c(C(=O)N2CCCNCC2)s1.Cl.Cl. The Morgan fingerprint density at radius 2 is 1.91 bits per heavy atom. The molecule has 1 aliphatic rings. The normalized spacial score (nSPS) is 14.4. The lowest BCUT2D eigenvalue weighted by atomic mass is 10.1. The molecule has 0 unspecified atom stereocenters. The number of thiazole rings is 1. The first-order valence-corrected chi connectivity index (χ1v) is 8.10. The molecular formula is C16H21Cl2N3OS. The zero-order valence-corrected chi connectivity index (χ0v) is 15.4. The van der Waals surface area contributed by atoms with Gasteiger partial charge in [0.25, 0.3) is 5.91 Å². The van der Waals surface area contributed by atoms with Crippen molar-refractivity contribution in [2.45, 2.75) is 13.3 Å². The molecule has 2 heterocycles. The largest absolute Gasteiger partial charge is 0.337 e. The van der Waals surface area contributed by atoms with Crippen molar-refractivity contribution >= 4 is 42.1 Å². The van der Waals surface area contributed by atoms with E-state index in [2.05, 4.69) is 10.3 Å². The van der Waals surface area contributed by atoms with Crippen molar-refractivity contribution in [1.29, 1.82) is 0 Å². The number of hydrogen-bond acceptors (Lipinski definition) is 4. The molecule has 2 aromatic rings. The molecule has 126 valence electrons. The topological polar surface area (TPSA) is 45.2 Å². The number of benzene rings is 1. The van der Waals surface area contributed by atoms with E-state index in [0.29, 0.717) is 0 Å². The first-order valence-electron chi connectivity index (χ1n) is 7.28. The number of nitrogens with zero attached hydrogens (tertiary/aromatic N) is 2. The highest BCUT2D eigenvalue weighted by atomic mass is 35.5. The molecule has 0 saturated carbocycles. The molecule has 1 amide bonds. The van der Waals surface area contributed by atoms with Gasteiger partial charge in [-0.25, -0.2) is 4.98 Å². The van der Waals surface area contributed by atoms with E-state index in [4.69, 9.17) is 0 Å². The number of amides is 1. The van der Waals surface area contributed by atoms with E-state index in [-0.39, 0.29) is 30.7 Å². The highest BCUT2D eigenvalue weighted by Gasteiger charge is 2.23. The van der Waals surface area contributed by atoms with Crippen LogP contribution in [0.5, 0.6) is 0 Å². The van der Waals surface area contributed by atoms with Gasteiger partial charge in [-0.2, -0.15) is 0 Å². The van der Waals surface area contributed by atoms with E-state index in [0.717, 1.165) is 53.7 Å². The highest BCUT2D eigenvalue weighted by molar-refractivity contribution is 7.14. The Morgan fingerprint density at radius 3 is 2.65 bits per heavy atom. The molecule has 0 radical (unpaired) electrons. The Kier molecular flexibility index (Phi) is 7.99. The zero-order chi connectivity index (χ0) is 14.7. The molecule has 4 nitrogen and oxygen atoms in total. The average molecular weight is 374 g/mol. The predicted molar refractivity (Wildman–Crippen MR) is 100 cm³/mol. The van der Waals surface area contributed by atoms with Crippen LogP contribution in [-0.2, 0) is 0 Å². The molecule has 1 saturated heterocycles. The number of aryl methyl sites for hydroxylation is 1. The first-order chi connectivity index (χ1) is 10.3. The van der Waals surface area contributed by atoms with Crippen LogP contribution < -0.4 is 5.32 Å². The summed E-state index contributed by atoms with van der Waals surface area (Å²) < 4.78 is 0. The number of halogens is 2. The van der Waals surface area contributed by atoms with E-state index >= 15 is 0 Å². The Labute approximate surface area is 153 Å². The Morgan fingerprint density at radius 1 is 1.17 bits per heavy atom. The minimum Gasteiger partial charge on any atom is -0.337 e. The van der Waals surface area contributed by atoms with Gasteiger partial charge in [-0.3, -0.25) is 4.79 Å². The van der Waals surface area contributed by atoms with Crippen molar-refractivity contribution in [3.05, 3.63) is 40.2 Å². The number of rotatable bonds is 2. The van der Waals surface area contributed by atoms with E-state index < -0.39 is 0 Å². The van der Waals surface area contributed by atoms with Gasteiger partial charge in [0.15, 0.2) is 0 Å². The lowest BCUT2D eigenvalue weighted by Gasteiger charge is -2.19. The molecular weight excluding hydrogens is 353 g/mol.